The maximum Gasteiger partial charge on any atom is 0.144 e. The van der Waals surface area contributed by atoms with E-state index in [4.69, 9.17) is 5.26 Å². The van der Waals surface area contributed by atoms with Crippen LogP contribution >= 0.6 is 0 Å². The van der Waals surface area contributed by atoms with E-state index in [0.717, 1.165) is 11.4 Å². The predicted octanol–water partition coefficient (Wildman–Crippen LogP) is 1.66. The molecule has 2 aromatic rings. The van der Waals surface area contributed by atoms with E-state index < -0.39 is 0 Å². The lowest BCUT2D eigenvalue weighted by Gasteiger charge is -2.06. The minimum atomic E-state index is 0.499. The molecular weight excluding hydrogens is 214 g/mol. The Hall–Kier alpha value is -2.48. The van der Waals surface area contributed by atoms with Crippen molar-refractivity contribution < 1.29 is 0 Å². The molecule has 0 saturated heterocycles. The van der Waals surface area contributed by atoms with Gasteiger partial charge in [0, 0.05) is 11.9 Å². The van der Waals surface area contributed by atoms with E-state index in [0.29, 0.717) is 17.9 Å². The van der Waals surface area contributed by atoms with Crippen LogP contribution in [0.1, 0.15) is 17.0 Å². The molecule has 0 saturated carbocycles. The SMILES string of the molecule is Cc1ccc(C#N)c(NCc2cccnn2)n1. The van der Waals surface area contributed by atoms with Gasteiger partial charge in [-0.05, 0) is 31.2 Å². The van der Waals surface area contributed by atoms with Crippen molar-refractivity contribution in [3.05, 3.63) is 47.4 Å². The maximum atomic E-state index is 8.95. The molecule has 0 aromatic carbocycles. The topological polar surface area (TPSA) is 74.5 Å². The molecule has 2 rings (SSSR count). The molecule has 0 unspecified atom stereocenters. The summed E-state index contributed by atoms with van der Waals surface area (Å²) in [5, 5.41) is 19.8. The van der Waals surface area contributed by atoms with Gasteiger partial charge in [0.25, 0.3) is 0 Å². The van der Waals surface area contributed by atoms with Crippen LogP contribution in [0.3, 0.4) is 0 Å². The van der Waals surface area contributed by atoms with Crippen molar-refractivity contribution in [1.82, 2.24) is 15.2 Å². The molecule has 0 radical (unpaired) electrons. The normalized spacial score (nSPS) is 9.65. The monoisotopic (exact) mass is 225 g/mol. The molecule has 0 aliphatic heterocycles. The zero-order chi connectivity index (χ0) is 12.1. The van der Waals surface area contributed by atoms with E-state index >= 15 is 0 Å². The van der Waals surface area contributed by atoms with E-state index in [2.05, 4.69) is 26.6 Å². The Morgan fingerprint density at radius 1 is 1.35 bits per heavy atom. The van der Waals surface area contributed by atoms with Gasteiger partial charge in [0.05, 0.1) is 17.8 Å². The van der Waals surface area contributed by atoms with Gasteiger partial charge in [-0.25, -0.2) is 4.98 Å². The minimum Gasteiger partial charge on any atom is -0.363 e. The van der Waals surface area contributed by atoms with Crippen molar-refractivity contribution in [3.63, 3.8) is 0 Å². The third-order valence-electron chi connectivity index (χ3n) is 2.22. The van der Waals surface area contributed by atoms with Crippen molar-refractivity contribution in [1.29, 1.82) is 5.26 Å². The summed E-state index contributed by atoms with van der Waals surface area (Å²) < 4.78 is 0. The number of pyridine rings is 1. The first-order valence-electron chi connectivity index (χ1n) is 5.18. The smallest absolute Gasteiger partial charge is 0.144 e. The highest BCUT2D eigenvalue weighted by Gasteiger charge is 2.03. The van der Waals surface area contributed by atoms with Crippen molar-refractivity contribution in [2.45, 2.75) is 13.5 Å². The molecule has 17 heavy (non-hydrogen) atoms. The van der Waals surface area contributed by atoms with E-state index in [1.807, 2.05) is 25.1 Å². The molecule has 0 spiro atoms. The number of rotatable bonds is 3. The lowest BCUT2D eigenvalue weighted by molar-refractivity contribution is 0.919. The second kappa shape index (κ2) is 5.03. The van der Waals surface area contributed by atoms with Gasteiger partial charge in [-0.1, -0.05) is 0 Å². The van der Waals surface area contributed by atoms with Crippen LogP contribution in [0.15, 0.2) is 30.5 Å². The number of aromatic nitrogens is 3. The molecule has 2 aromatic heterocycles. The zero-order valence-electron chi connectivity index (χ0n) is 9.38. The summed E-state index contributed by atoms with van der Waals surface area (Å²) >= 11 is 0. The van der Waals surface area contributed by atoms with Gasteiger partial charge in [0.1, 0.15) is 11.9 Å². The molecule has 0 aliphatic carbocycles. The fourth-order valence-corrected chi connectivity index (χ4v) is 1.38. The Morgan fingerprint density at radius 2 is 2.24 bits per heavy atom. The van der Waals surface area contributed by atoms with Crippen LogP contribution in [-0.4, -0.2) is 15.2 Å². The Balaban J connectivity index is 2.14. The number of nitrogens with one attached hydrogen (secondary N) is 1. The Labute approximate surface area is 99.2 Å². The lowest BCUT2D eigenvalue weighted by Crippen LogP contribution is -2.06. The number of nitrogens with zero attached hydrogens (tertiary/aromatic N) is 4. The van der Waals surface area contributed by atoms with Gasteiger partial charge in [-0.3, -0.25) is 0 Å². The first-order chi connectivity index (χ1) is 8.29. The highest BCUT2D eigenvalue weighted by atomic mass is 15.1. The predicted molar refractivity (Wildman–Crippen MR) is 63.0 cm³/mol. The average molecular weight is 225 g/mol. The molecule has 84 valence electrons. The van der Waals surface area contributed by atoms with Crippen LogP contribution in [0.4, 0.5) is 5.82 Å². The van der Waals surface area contributed by atoms with Gasteiger partial charge >= 0.3 is 0 Å². The zero-order valence-corrected chi connectivity index (χ0v) is 9.38. The first-order valence-corrected chi connectivity index (χ1v) is 5.18. The van der Waals surface area contributed by atoms with E-state index in [1.54, 1.807) is 12.3 Å². The molecule has 1 N–H and O–H groups in total. The number of hydrogen-bond donors (Lipinski definition) is 1. The molecular formula is C12H11N5. The molecule has 2 heterocycles. The van der Waals surface area contributed by atoms with Crippen LogP contribution < -0.4 is 5.32 Å². The Bertz CT molecular complexity index is 545. The second-order valence-corrected chi connectivity index (χ2v) is 3.53. The van der Waals surface area contributed by atoms with Crippen LogP contribution in [0.2, 0.25) is 0 Å². The van der Waals surface area contributed by atoms with Crippen molar-refractivity contribution >= 4 is 5.82 Å². The van der Waals surface area contributed by atoms with Gasteiger partial charge in [0.2, 0.25) is 0 Å². The number of aryl methyl sites for hydroxylation is 1. The lowest BCUT2D eigenvalue weighted by atomic mass is 10.2. The summed E-state index contributed by atoms with van der Waals surface area (Å²) in [6.07, 6.45) is 1.62. The van der Waals surface area contributed by atoms with Crippen LogP contribution in [0, 0.1) is 18.3 Å². The summed E-state index contributed by atoms with van der Waals surface area (Å²) in [7, 11) is 0. The molecule has 5 heteroatoms. The molecule has 0 bridgehead atoms. The quantitative estimate of drug-likeness (QED) is 0.859. The largest absolute Gasteiger partial charge is 0.363 e. The standard InChI is InChI=1S/C12H11N5/c1-9-4-5-10(7-13)12(16-9)14-8-11-3-2-6-15-17-11/h2-6H,8H2,1H3,(H,14,16). The van der Waals surface area contributed by atoms with E-state index in [1.165, 1.54) is 0 Å². The number of anilines is 1. The van der Waals surface area contributed by atoms with Crippen molar-refractivity contribution in [3.8, 4) is 6.07 Å². The van der Waals surface area contributed by atoms with Gasteiger partial charge in [-0.2, -0.15) is 15.5 Å². The van der Waals surface area contributed by atoms with E-state index in [9.17, 15) is 0 Å². The van der Waals surface area contributed by atoms with Crippen molar-refractivity contribution in [2.24, 2.45) is 0 Å². The van der Waals surface area contributed by atoms with Crippen LogP contribution in [0.25, 0.3) is 0 Å². The maximum absolute atomic E-state index is 8.95. The summed E-state index contributed by atoms with van der Waals surface area (Å²) in [5.41, 5.74) is 2.20. The van der Waals surface area contributed by atoms with Gasteiger partial charge in [0.15, 0.2) is 0 Å². The van der Waals surface area contributed by atoms with Crippen LogP contribution in [-0.2, 0) is 6.54 Å². The minimum absolute atomic E-state index is 0.499. The Kier molecular flexibility index (Phi) is 3.26. The highest BCUT2D eigenvalue weighted by Crippen LogP contribution is 2.12. The summed E-state index contributed by atoms with van der Waals surface area (Å²) in [4.78, 5) is 4.28. The summed E-state index contributed by atoms with van der Waals surface area (Å²) in [6.45, 7) is 2.38. The summed E-state index contributed by atoms with van der Waals surface area (Å²) in [6, 6.07) is 9.34. The molecule has 0 fully saturated rings. The van der Waals surface area contributed by atoms with Gasteiger partial charge < -0.3 is 5.32 Å². The molecule has 0 amide bonds. The Morgan fingerprint density at radius 3 is 2.94 bits per heavy atom. The van der Waals surface area contributed by atoms with Gasteiger partial charge in [-0.15, -0.1) is 0 Å². The summed E-state index contributed by atoms with van der Waals surface area (Å²) in [5.74, 6) is 0.582. The van der Waals surface area contributed by atoms with Crippen molar-refractivity contribution in [2.75, 3.05) is 5.32 Å². The molecule has 0 atom stereocenters. The third kappa shape index (κ3) is 2.75. The molecule has 0 aliphatic rings. The third-order valence-corrected chi connectivity index (χ3v) is 2.22. The fourth-order valence-electron chi connectivity index (χ4n) is 1.38. The first kappa shape index (κ1) is 11.0. The van der Waals surface area contributed by atoms with E-state index in [-0.39, 0.29) is 0 Å². The molecule has 5 nitrogen and oxygen atoms in total. The fraction of sp³-hybridized carbons (Fsp3) is 0.167. The number of nitriles is 1. The second-order valence-electron chi connectivity index (χ2n) is 3.53. The number of hydrogen-bond acceptors (Lipinski definition) is 5. The highest BCUT2D eigenvalue weighted by molar-refractivity contribution is 5.52. The average Bonchev–Trinajstić information content (AvgIpc) is 2.38. The van der Waals surface area contributed by atoms with Crippen LogP contribution in [0.5, 0.6) is 0 Å².